The van der Waals surface area contributed by atoms with E-state index in [1.807, 2.05) is 32.2 Å². The third-order valence-corrected chi connectivity index (χ3v) is 6.23. The Morgan fingerprint density at radius 3 is 2.55 bits per heavy atom. The molecule has 0 saturated carbocycles. The third-order valence-electron chi connectivity index (χ3n) is 5.09. The minimum atomic E-state index is 0.00893. The molecular formula is C22H25N5OS. The number of hydrogen-bond acceptors (Lipinski definition) is 6. The first-order chi connectivity index (χ1) is 14.3. The van der Waals surface area contributed by atoms with E-state index in [1.54, 1.807) is 17.3 Å². The van der Waals surface area contributed by atoms with Gasteiger partial charge in [0.1, 0.15) is 15.7 Å². The van der Waals surface area contributed by atoms with Gasteiger partial charge in [0.15, 0.2) is 0 Å². The Morgan fingerprint density at radius 1 is 1.03 bits per heavy atom. The van der Waals surface area contributed by atoms with E-state index in [2.05, 4.69) is 27.0 Å². The predicted molar refractivity (Wildman–Crippen MR) is 118 cm³/mol. The lowest BCUT2D eigenvalue weighted by molar-refractivity contribution is 0.0984. The average molecular weight is 408 g/mol. The molecule has 5 heterocycles. The van der Waals surface area contributed by atoms with Crippen LogP contribution in [0, 0.1) is 0 Å². The number of carbonyl (C=O) groups is 1. The summed E-state index contributed by atoms with van der Waals surface area (Å²) < 4.78 is 0. The van der Waals surface area contributed by atoms with Gasteiger partial charge >= 0.3 is 0 Å². The largest absolute Gasteiger partial charge is 0.357 e. The number of pyridine rings is 2. The van der Waals surface area contributed by atoms with Crippen molar-refractivity contribution in [2.75, 3.05) is 29.4 Å². The van der Waals surface area contributed by atoms with Gasteiger partial charge in [0.2, 0.25) is 0 Å². The lowest BCUT2D eigenvalue weighted by atomic mass is 10.1. The summed E-state index contributed by atoms with van der Waals surface area (Å²) in [6, 6.07) is 7.89. The van der Waals surface area contributed by atoms with Crippen molar-refractivity contribution in [3.05, 3.63) is 53.4 Å². The summed E-state index contributed by atoms with van der Waals surface area (Å²) in [4.78, 5) is 31.2. The predicted octanol–water partition coefficient (Wildman–Crippen LogP) is 4.43. The van der Waals surface area contributed by atoms with E-state index in [0.717, 1.165) is 52.2 Å². The highest BCUT2D eigenvalue weighted by Gasteiger charge is 2.29. The molecule has 1 saturated heterocycles. The topological polar surface area (TPSA) is 62.2 Å². The number of thiazole rings is 1. The fourth-order valence-electron chi connectivity index (χ4n) is 3.66. The smallest absolute Gasteiger partial charge is 0.270 e. The molecule has 0 radical (unpaired) electrons. The zero-order valence-corrected chi connectivity index (χ0v) is 17.7. The Morgan fingerprint density at radius 2 is 1.86 bits per heavy atom. The molecule has 2 aliphatic rings. The summed E-state index contributed by atoms with van der Waals surface area (Å²) in [5.41, 5.74) is 2.70. The minimum absolute atomic E-state index is 0.00893. The van der Waals surface area contributed by atoms with Crippen LogP contribution in [0.2, 0.25) is 0 Å². The molecule has 0 N–H and O–H groups in total. The standard InChI is InChI=1S/C20H19N5OS.C2H6/c26-20-18-16(7-11-25(20)15-4-3-8-21-13-15)23-19(27-18)14-5-6-17(22-12-14)24-9-1-2-10-24;1-2/h3-6,8,12-13H,1-2,7,9-11H2;1-2H3. The lowest BCUT2D eigenvalue weighted by Gasteiger charge is -2.25. The van der Waals surface area contributed by atoms with Crippen LogP contribution in [0.5, 0.6) is 0 Å². The fourth-order valence-corrected chi connectivity index (χ4v) is 4.71. The SMILES string of the molecule is CC.O=C1c2sc(-c3ccc(N4CCCC4)nc3)nc2CCN1c1cccnc1. The monoisotopic (exact) mass is 407 g/mol. The van der Waals surface area contributed by atoms with Crippen LogP contribution in [-0.2, 0) is 6.42 Å². The van der Waals surface area contributed by atoms with E-state index < -0.39 is 0 Å². The summed E-state index contributed by atoms with van der Waals surface area (Å²) in [7, 11) is 0. The number of aromatic nitrogens is 3. The Kier molecular flexibility index (Phi) is 5.85. The Bertz CT molecular complexity index is 965. The van der Waals surface area contributed by atoms with Gasteiger partial charge in [0, 0.05) is 44.0 Å². The first-order valence-corrected chi connectivity index (χ1v) is 11.0. The zero-order chi connectivity index (χ0) is 20.2. The van der Waals surface area contributed by atoms with Crippen molar-refractivity contribution in [2.45, 2.75) is 33.1 Å². The van der Waals surface area contributed by atoms with Crippen LogP contribution in [0.1, 0.15) is 42.1 Å². The number of rotatable bonds is 3. The molecule has 5 rings (SSSR count). The van der Waals surface area contributed by atoms with Crippen LogP contribution in [0.25, 0.3) is 10.6 Å². The molecule has 3 aromatic heterocycles. The van der Waals surface area contributed by atoms with Gasteiger partial charge in [-0.15, -0.1) is 11.3 Å². The Labute approximate surface area is 175 Å². The molecule has 29 heavy (non-hydrogen) atoms. The maximum absolute atomic E-state index is 12.9. The Balaban J connectivity index is 0.000000994. The molecule has 1 amide bonds. The molecule has 6 nitrogen and oxygen atoms in total. The average Bonchev–Trinajstić information content (AvgIpc) is 3.47. The van der Waals surface area contributed by atoms with Gasteiger partial charge in [-0.2, -0.15) is 0 Å². The number of amides is 1. The van der Waals surface area contributed by atoms with Crippen molar-refractivity contribution in [1.82, 2.24) is 15.0 Å². The van der Waals surface area contributed by atoms with Crippen LogP contribution in [0.4, 0.5) is 11.5 Å². The van der Waals surface area contributed by atoms with Crippen molar-refractivity contribution >= 4 is 28.7 Å². The summed E-state index contributed by atoms with van der Waals surface area (Å²) in [5.74, 6) is 1.03. The van der Waals surface area contributed by atoms with Gasteiger partial charge < -0.3 is 9.80 Å². The van der Waals surface area contributed by atoms with E-state index >= 15 is 0 Å². The van der Waals surface area contributed by atoms with Crippen molar-refractivity contribution in [2.24, 2.45) is 0 Å². The molecular weight excluding hydrogens is 382 g/mol. The minimum Gasteiger partial charge on any atom is -0.357 e. The second kappa shape index (κ2) is 8.69. The molecule has 0 aromatic carbocycles. The lowest BCUT2D eigenvalue weighted by Crippen LogP contribution is -2.36. The number of nitrogens with zero attached hydrogens (tertiary/aromatic N) is 5. The van der Waals surface area contributed by atoms with E-state index in [0.29, 0.717) is 6.54 Å². The van der Waals surface area contributed by atoms with Crippen LogP contribution >= 0.6 is 11.3 Å². The van der Waals surface area contributed by atoms with E-state index in [9.17, 15) is 4.79 Å². The van der Waals surface area contributed by atoms with E-state index in [1.165, 1.54) is 24.2 Å². The summed E-state index contributed by atoms with van der Waals surface area (Å²) >= 11 is 1.46. The number of carbonyl (C=O) groups excluding carboxylic acids is 1. The van der Waals surface area contributed by atoms with Crippen molar-refractivity contribution < 1.29 is 4.79 Å². The summed E-state index contributed by atoms with van der Waals surface area (Å²) in [5, 5.41) is 0.863. The van der Waals surface area contributed by atoms with Crippen molar-refractivity contribution in [1.29, 1.82) is 0 Å². The second-order valence-corrected chi connectivity index (χ2v) is 7.81. The van der Waals surface area contributed by atoms with Crippen LogP contribution in [0.15, 0.2) is 42.9 Å². The molecule has 0 unspecified atom stereocenters. The first-order valence-electron chi connectivity index (χ1n) is 10.2. The van der Waals surface area contributed by atoms with Gasteiger partial charge in [-0.3, -0.25) is 9.78 Å². The first kappa shape index (κ1) is 19.5. The van der Waals surface area contributed by atoms with Gasteiger partial charge in [0.05, 0.1) is 17.6 Å². The number of fused-ring (bicyclic) bond motifs is 1. The quantitative estimate of drug-likeness (QED) is 0.643. The van der Waals surface area contributed by atoms with Crippen LogP contribution < -0.4 is 9.80 Å². The molecule has 0 atom stereocenters. The van der Waals surface area contributed by atoms with Crippen molar-refractivity contribution in [3.8, 4) is 10.6 Å². The van der Waals surface area contributed by atoms with Gasteiger partial charge in [-0.05, 0) is 37.1 Å². The maximum Gasteiger partial charge on any atom is 0.270 e. The molecule has 0 bridgehead atoms. The molecule has 0 spiro atoms. The molecule has 0 aliphatic carbocycles. The molecule has 2 aliphatic heterocycles. The fraction of sp³-hybridized carbons (Fsp3) is 0.364. The highest BCUT2D eigenvalue weighted by Crippen LogP contribution is 2.33. The van der Waals surface area contributed by atoms with Gasteiger partial charge in [0.25, 0.3) is 5.91 Å². The molecule has 1 fully saturated rings. The van der Waals surface area contributed by atoms with Crippen LogP contribution in [-0.4, -0.2) is 40.5 Å². The zero-order valence-electron chi connectivity index (χ0n) is 16.8. The second-order valence-electron chi connectivity index (χ2n) is 6.81. The van der Waals surface area contributed by atoms with E-state index in [-0.39, 0.29) is 5.91 Å². The van der Waals surface area contributed by atoms with Crippen molar-refractivity contribution in [3.63, 3.8) is 0 Å². The Hall–Kier alpha value is -2.80. The van der Waals surface area contributed by atoms with E-state index in [4.69, 9.17) is 4.98 Å². The molecule has 150 valence electrons. The highest BCUT2D eigenvalue weighted by molar-refractivity contribution is 7.17. The summed E-state index contributed by atoms with van der Waals surface area (Å²) in [6.07, 6.45) is 8.54. The summed E-state index contributed by atoms with van der Waals surface area (Å²) in [6.45, 7) is 6.79. The van der Waals surface area contributed by atoms with Crippen LogP contribution in [0.3, 0.4) is 0 Å². The normalized spacial score (nSPS) is 15.7. The maximum atomic E-state index is 12.9. The molecule has 3 aromatic rings. The number of hydrogen-bond donors (Lipinski definition) is 0. The van der Waals surface area contributed by atoms with Gasteiger partial charge in [-0.1, -0.05) is 13.8 Å². The third kappa shape index (κ3) is 3.87. The molecule has 7 heteroatoms. The number of anilines is 2. The highest BCUT2D eigenvalue weighted by atomic mass is 32.1. The van der Waals surface area contributed by atoms with Gasteiger partial charge in [-0.25, -0.2) is 9.97 Å².